The fourth-order valence-corrected chi connectivity index (χ4v) is 1.95. The number of hydrogen-bond acceptors (Lipinski definition) is 5. The lowest BCUT2D eigenvalue weighted by Gasteiger charge is -2.07. The Balaban J connectivity index is 3.66. The molecule has 0 fully saturated rings. The van der Waals surface area contributed by atoms with E-state index in [2.05, 4.69) is 4.74 Å². The van der Waals surface area contributed by atoms with E-state index in [0.717, 1.165) is 25.3 Å². The Kier molecular flexibility index (Phi) is 3.49. The molecule has 0 aromatic heterocycles. The molecule has 92 valence electrons. The van der Waals surface area contributed by atoms with Gasteiger partial charge in [-0.3, -0.25) is 4.55 Å². The molecule has 0 aliphatic heterocycles. The van der Waals surface area contributed by atoms with Crippen LogP contribution in [0.25, 0.3) is 0 Å². The molecule has 1 aromatic carbocycles. The number of methoxy groups -OCH3 is 1. The SMILES string of the molecule is COC(=O)c1cccc(S(=O)(=O)O)c1C(=O)O. The summed E-state index contributed by atoms with van der Waals surface area (Å²) in [5.74, 6) is -2.66. The van der Waals surface area contributed by atoms with Gasteiger partial charge in [-0.05, 0) is 12.1 Å². The van der Waals surface area contributed by atoms with Crippen LogP contribution in [0.1, 0.15) is 20.7 Å². The second-order valence-electron chi connectivity index (χ2n) is 2.95. The molecule has 0 aliphatic carbocycles. The number of carbonyl (C=O) groups excluding carboxylic acids is 1. The van der Waals surface area contributed by atoms with Crippen molar-refractivity contribution in [2.24, 2.45) is 0 Å². The topological polar surface area (TPSA) is 118 Å². The molecule has 1 rings (SSSR count). The van der Waals surface area contributed by atoms with Crippen LogP contribution >= 0.6 is 0 Å². The summed E-state index contributed by atoms with van der Waals surface area (Å²) in [5, 5.41) is 8.87. The van der Waals surface area contributed by atoms with Crippen LogP contribution in [-0.2, 0) is 14.9 Å². The number of carboxylic acids is 1. The summed E-state index contributed by atoms with van der Waals surface area (Å²) in [4.78, 5) is 21.3. The smallest absolute Gasteiger partial charge is 0.338 e. The maximum atomic E-state index is 11.3. The molecule has 7 nitrogen and oxygen atoms in total. The Hall–Kier alpha value is -1.93. The largest absolute Gasteiger partial charge is 0.478 e. The fourth-order valence-electron chi connectivity index (χ4n) is 1.25. The van der Waals surface area contributed by atoms with Gasteiger partial charge in [-0.25, -0.2) is 9.59 Å². The number of carbonyl (C=O) groups is 2. The predicted octanol–water partition coefficient (Wildman–Crippen LogP) is 0.418. The van der Waals surface area contributed by atoms with Crippen molar-refractivity contribution in [3.05, 3.63) is 29.3 Å². The van der Waals surface area contributed by atoms with Gasteiger partial charge < -0.3 is 9.84 Å². The van der Waals surface area contributed by atoms with Gasteiger partial charge in [-0.15, -0.1) is 0 Å². The number of carboxylic acid groups (broad SMARTS) is 1. The Bertz CT molecular complexity index is 573. The lowest BCUT2D eigenvalue weighted by molar-refractivity contribution is 0.0581. The number of aromatic carboxylic acids is 1. The van der Waals surface area contributed by atoms with Crippen LogP contribution in [0.5, 0.6) is 0 Å². The number of rotatable bonds is 3. The molecule has 0 unspecified atom stereocenters. The van der Waals surface area contributed by atoms with Gasteiger partial charge in [0.25, 0.3) is 10.1 Å². The summed E-state index contributed by atoms with van der Waals surface area (Å²) >= 11 is 0. The Morgan fingerprint density at radius 3 is 2.29 bits per heavy atom. The Morgan fingerprint density at radius 1 is 1.29 bits per heavy atom. The van der Waals surface area contributed by atoms with Gasteiger partial charge in [0.15, 0.2) is 0 Å². The van der Waals surface area contributed by atoms with Gasteiger partial charge in [-0.1, -0.05) is 6.07 Å². The van der Waals surface area contributed by atoms with Gasteiger partial charge in [0.05, 0.1) is 18.2 Å². The maximum Gasteiger partial charge on any atom is 0.338 e. The minimum atomic E-state index is -4.73. The standard InChI is InChI=1S/C9H8O7S/c1-16-9(12)5-3-2-4-6(17(13,14)15)7(5)8(10)11/h2-4H,1H3,(H,10,11)(H,13,14,15). The van der Waals surface area contributed by atoms with E-state index < -0.39 is 38.1 Å². The highest BCUT2D eigenvalue weighted by Crippen LogP contribution is 2.20. The third kappa shape index (κ3) is 2.60. The van der Waals surface area contributed by atoms with E-state index in [1.807, 2.05) is 0 Å². The normalized spacial score (nSPS) is 10.9. The van der Waals surface area contributed by atoms with Crippen LogP contribution in [0, 0.1) is 0 Å². The first kappa shape index (κ1) is 13.1. The summed E-state index contributed by atoms with van der Waals surface area (Å²) < 4.78 is 35.1. The molecule has 17 heavy (non-hydrogen) atoms. The number of benzene rings is 1. The van der Waals surface area contributed by atoms with Crippen molar-refractivity contribution in [3.63, 3.8) is 0 Å². The van der Waals surface area contributed by atoms with Crippen LogP contribution in [-0.4, -0.2) is 37.1 Å². The molecular weight excluding hydrogens is 252 g/mol. The number of ether oxygens (including phenoxy) is 1. The summed E-state index contributed by atoms with van der Waals surface area (Å²) in [7, 11) is -3.71. The monoisotopic (exact) mass is 260 g/mol. The summed E-state index contributed by atoms with van der Waals surface area (Å²) in [6, 6.07) is 3.09. The van der Waals surface area contributed by atoms with Crippen molar-refractivity contribution in [3.8, 4) is 0 Å². The zero-order valence-corrected chi connectivity index (χ0v) is 9.39. The third-order valence-corrected chi connectivity index (χ3v) is 2.82. The molecule has 1 aromatic rings. The molecule has 0 amide bonds. The minimum absolute atomic E-state index is 0.449. The number of hydrogen-bond donors (Lipinski definition) is 2. The Labute approximate surface area is 96.4 Å². The quantitative estimate of drug-likeness (QED) is 0.597. The second kappa shape index (κ2) is 4.52. The van der Waals surface area contributed by atoms with Crippen molar-refractivity contribution >= 4 is 22.1 Å². The van der Waals surface area contributed by atoms with E-state index in [1.54, 1.807) is 0 Å². The van der Waals surface area contributed by atoms with Crippen LogP contribution in [0.2, 0.25) is 0 Å². The average Bonchev–Trinajstić information content (AvgIpc) is 2.25. The van der Waals surface area contributed by atoms with E-state index >= 15 is 0 Å². The molecule has 0 heterocycles. The first-order chi connectivity index (χ1) is 7.79. The molecule has 0 saturated heterocycles. The van der Waals surface area contributed by atoms with Crippen LogP contribution in [0.4, 0.5) is 0 Å². The van der Waals surface area contributed by atoms with E-state index in [0.29, 0.717) is 0 Å². The van der Waals surface area contributed by atoms with E-state index in [1.165, 1.54) is 0 Å². The van der Waals surface area contributed by atoms with Crippen molar-refractivity contribution in [1.29, 1.82) is 0 Å². The van der Waals surface area contributed by atoms with E-state index in [9.17, 15) is 18.0 Å². The highest BCUT2D eigenvalue weighted by molar-refractivity contribution is 7.86. The Morgan fingerprint density at radius 2 is 1.88 bits per heavy atom. The van der Waals surface area contributed by atoms with E-state index in [4.69, 9.17) is 9.66 Å². The molecule has 0 radical (unpaired) electrons. The van der Waals surface area contributed by atoms with Gasteiger partial charge in [0.1, 0.15) is 4.90 Å². The molecule has 0 aliphatic rings. The van der Waals surface area contributed by atoms with Crippen molar-refractivity contribution in [2.45, 2.75) is 4.90 Å². The molecule has 8 heteroatoms. The lowest BCUT2D eigenvalue weighted by atomic mass is 10.1. The first-order valence-corrected chi connectivity index (χ1v) is 5.65. The minimum Gasteiger partial charge on any atom is -0.478 e. The van der Waals surface area contributed by atoms with Crippen molar-refractivity contribution in [2.75, 3.05) is 7.11 Å². The molecule has 0 saturated carbocycles. The second-order valence-corrected chi connectivity index (χ2v) is 4.34. The fraction of sp³-hybridized carbons (Fsp3) is 0.111. The first-order valence-electron chi connectivity index (χ1n) is 4.21. The molecule has 0 atom stereocenters. The van der Waals surface area contributed by atoms with Crippen LogP contribution in [0.15, 0.2) is 23.1 Å². The zero-order chi connectivity index (χ0) is 13.2. The molecule has 0 bridgehead atoms. The summed E-state index contributed by atoms with van der Waals surface area (Å²) in [6.45, 7) is 0. The van der Waals surface area contributed by atoms with E-state index in [-0.39, 0.29) is 0 Å². The van der Waals surface area contributed by atoms with Gasteiger partial charge >= 0.3 is 11.9 Å². The molecular formula is C9H8O7S. The average molecular weight is 260 g/mol. The zero-order valence-electron chi connectivity index (χ0n) is 8.58. The van der Waals surface area contributed by atoms with Crippen LogP contribution in [0.3, 0.4) is 0 Å². The lowest BCUT2D eigenvalue weighted by Crippen LogP contribution is -2.15. The summed E-state index contributed by atoms with van der Waals surface area (Å²) in [6.07, 6.45) is 0. The predicted molar refractivity (Wildman–Crippen MR) is 54.6 cm³/mol. The van der Waals surface area contributed by atoms with Crippen molar-refractivity contribution < 1.29 is 32.4 Å². The third-order valence-electron chi connectivity index (χ3n) is 1.92. The highest BCUT2D eigenvalue weighted by atomic mass is 32.2. The van der Waals surface area contributed by atoms with Gasteiger partial charge in [-0.2, -0.15) is 8.42 Å². The highest BCUT2D eigenvalue weighted by Gasteiger charge is 2.26. The van der Waals surface area contributed by atoms with Crippen molar-refractivity contribution in [1.82, 2.24) is 0 Å². The van der Waals surface area contributed by atoms with Gasteiger partial charge in [0, 0.05) is 0 Å². The maximum absolute atomic E-state index is 11.3. The van der Waals surface area contributed by atoms with Crippen LogP contribution < -0.4 is 0 Å². The molecule has 2 N–H and O–H groups in total. The van der Waals surface area contributed by atoms with Gasteiger partial charge in [0.2, 0.25) is 0 Å². The number of esters is 1. The molecule has 0 spiro atoms. The summed E-state index contributed by atoms with van der Waals surface area (Å²) in [5.41, 5.74) is -1.27.